The highest BCUT2D eigenvalue weighted by Crippen LogP contribution is 2.16. The summed E-state index contributed by atoms with van der Waals surface area (Å²) < 4.78 is 5.26. The molecule has 4 nitrogen and oxygen atoms in total. The van der Waals surface area contributed by atoms with E-state index in [0.717, 1.165) is 19.4 Å². The molecule has 0 aromatic heterocycles. The summed E-state index contributed by atoms with van der Waals surface area (Å²) in [5.41, 5.74) is -0.423. The average Bonchev–Trinajstić information content (AvgIpc) is 2.09. The molecule has 0 spiro atoms. The van der Waals surface area contributed by atoms with Crippen LogP contribution in [-0.2, 0) is 4.74 Å². The number of hydrogen-bond donors (Lipinski definition) is 1. The fraction of sp³-hybridized carbons (Fsp3) is 0.917. The van der Waals surface area contributed by atoms with Gasteiger partial charge in [-0.05, 0) is 54.1 Å². The second-order valence-electron chi connectivity index (χ2n) is 5.62. The number of hydrogen-bond acceptors (Lipinski definition) is 3. The van der Waals surface area contributed by atoms with Gasteiger partial charge in [-0.3, -0.25) is 0 Å². The van der Waals surface area contributed by atoms with Crippen LogP contribution < -0.4 is 5.32 Å². The number of likely N-dealkylation sites (N-methyl/N-ethyl adjacent to an activating group) is 1. The Labute approximate surface area is 98.3 Å². The van der Waals surface area contributed by atoms with Crippen LogP contribution in [0.1, 0.15) is 40.5 Å². The van der Waals surface area contributed by atoms with Gasteiger partial charge in [0.1, 0.15) is 5.60 Å². The molecule has 4 heteroatoms. The lowest BCUT2D eigenvalue weighted by atomic mass is 9.98. The number of nitrogens with one attached hydrogen (secondary N) is 1. The summed E-state index contributed by atoms with van der Waals surface area (Å²) in [4.78, 5) is 13.9. The number of carbonyl (C=O) groups is 1. The lowest BCUT2D eigenvalue weighted by Gasteiger charge is -2.37. The molecule has 0 bridgehead atoms. The van der Waals surface area contributed by atoms with Gasteiger partial charge in [0.05, 0.1) is 0 Å². The van der Waals surface area contributed by atoms with E-state index in [4.69, 9.17) is 4.74 Å². The zero-order valence-electron chi connectivity index (χ0n) is 11.0. The normalized spacial score (nSPS) is 27.6. The first-order chi connectivity index (χ1) is 7.29. The third-order valence-electron chi connectivity index (χ3n) is 3.01. The lowest BCUT2D eigenvalue weighted by Crippen LogP contribution is -2.53. The second-order valence-corrected chi connectivity index (χ2v) is 5.62. The van der Waals surface area contributed by atoms with Crippen molar-refractivity contribution in [3.8, 4) is 0 Å². The molecule has 1 saturated heterocycles. The van der Waals surface area contributed by atoms with E-state index in [0.29, 0.717) is 6.04 Å². The minimum absolute atomic E-state index is 0.202. The second kappa shape index (κ2) is 5.04. The molecule has 0 radical (unpaired) electrons. The smallest absolute Gasteiger partial charge is 0.407 e. The maximum atomic E-state index is 11.6. The fourth-order valence-electron chi connectivity index (χ4n) is 1.96. The van der Waals surface area contributed by atoms with Crippen molar-refractivity contribution >= 4 is 6.09 Å². The first-order valence-corrected chi connectivity index (χ1v) is 5.99. The predicted molar refractivity (Wildman–Crippen MR) is 64.5 cm³/mol. The number of carbonyl (C=O) groups excluding carboxylic acids is 1. The van der Waals surface area contributed by atoms with E-state index in [1.807, 2.05) is 20.8 Å². The summed E-state index contributed by atoms with van der Waals surface area (Å²) in [6.45, 7) is 8.88. The first kappa shape index (κ1) is 13.3. The summed E-state index contributed by atoms with van der Waals surface area (Å²) in [7, 11) is 2.09. The zero-order chi connectivity index (χ0) is 12.3. The molecular weight excluding hydrogens is 204 g/mol. The predicted octanol–water partition coefficient (Wildman–Crippen LogP) is 1.99. The van der Waals surface area contributed by atoms with Crippen LogP contribution in [0, 0.1) is 0 Å². The van der Waals surface area contributed by atoms with Crippen molar-refractivity contribution in [1.29, 1.82) is 0 Å². The van der Waals surface area contributed by atoms with Crippen molar-refractivity contribution in [1.82, 2.24) is 10.2 Å². The van der Waals surface area contributed by atoms with Gasteiger partial charge in [0.2, 0.25) is 0 Å². The van der Waals surface area contributed by atoms with Gasteiger partial charge < -0.3 is 15.0 Å². The Hall–Kier alpha value is -0.770. The first-order valence-electron chi connectivity index (χ1n) is 5.99. The molecule has 94 valence electrons. The Morgan fingerprint density at radius 2 is 2.06 bits per heavy atom. The van der Waals surface area contributed by atoms with Gasteiger partial charge in [-0.25, -0.2) is 4.79 Å². The zero-order valence-corrected chi connectivity index (χ0v) is 11.0. The molecule has 0 unspecified atom stereocenters. The lowest BCUT2D eigenvalue weighted by molar-refractivity contribution is 0.0443. The SMILES string of the molecule is C[C@@H]1[C@H](NC(=O)OC(C)(C)C)CCCN1C. The Bertz CT molecular complexity index is 248. The van der Waals surface area contributed by atoms with E-state index < -0.39 is 5.60 Å². The van der Waals surface area contributed by atoms with Crippen molar-refractivity contribution in [2.45, 2.75) is 58.2 Å². The summed E-state index contributed by atoms with van der Waals surface area (Å²) in [5.74, 6) is 0. The van der Waals surface area contributed by atoms with Crippen molar-refractivity contribution in [3.05, 3.63) is 0 Å². The van der Waals surface area contributed by atoms with Crippen molar-refractivity contribution < 1.29 is 9.53 Å². The molecule has 1 N–H and O–H groups in total. The molecule has 1 rings (SSSR count). The highest BCUT2D eigenvalue weighted by molar-refractivity contribution is 5.68. The Balaban J connectivity index is 2.44. The number of nitrogens with zero attached hydrogens (tertiary/aromatic N) is 1. The minimum atomic E-state index is -0.423. The molecule has 0 saturated carbocycles. The summed E-state index contributed by atoms with van der Waals surface area (Å²) in [6, 6.07) is 0.579. The van der Waals surface area contributed by atoms with Gasteiger partial charge in [-0.1, -0.05) is 0 Å². The van der Waals surface area contributed by atoms with Crippen LogP contribution in [0.2, 0.25) is 0 Å². The van der Waals surface area contributed by atoms with Crippen LogP contribution in [0.4, 0.5) is 4.79 Å². The third-order valence-corrected chi connectivity index (χ3v) is 3.01. The Morgan fingerprint density at radius 1 is 1.44 bits per heavy atom. The molecule has 0 aliphatic carbocycles. The molecule has 0 aromatic rings. The van der Waals surface area contributed by atoms with Crippen LogP contribution in [-0.4, -0.2) is 42.3 Å². The van der Waals surface area contributed by atoms with E-state index in [1.165, 1.54) is 0 Å². The van der Waals surface area contributed by atoms with Crippen molar-refractivity contribution in [2.24, 2.45) is 0 Å². The number of likely N-dealkylation sites (tertiary alicyclic amines) is 1. The number of rotatable bonds is 1. The van der Waals surface area contributed by atoms with Gasteiger partial charge in [-0.2, -0.15) is 0 Å². The highest BCUT2D eigenvalue weighted by Gasteiger charge is 2.28. The van der Waals surface area contributed by atoms with E-state index in [-0.39, 0.29) is 12.1 Å². The van der Waals surface area contributed by atoms with Gasteiger partial charge >= 0.3 is 6.09 Å². The van der Waals surface area contributed by atoms with E-state index in [2.05, 4.69) is 24.2 Å². The average molecular weight is 228 g/mol. The van der Waals surface area contributed by atoms with Gasteiger partial charge in [0.15, 0.2) is 0 Å². The molecular formula is C12H24N2O2. The van der Waals surface area contributed by atoms with Crippen molar-refractivity contribution in [3.63, 3.8) is 0 Å². The highest BCUT2D eigenvalue weighted by atomic mass is 16.6. The molecule has 1 amide bonds. The van der Waals surface area contributed by atoms with Crippen LogP contribution in [0.25, 0.3) is 0 Å². The Kier molecular flexibility index (Phi) is 4.19. The number of piperidine rings is 1. The largest absolute Gasteiger partial charge is 0.444 e. The molecule has 2 atom stereocenters. The van der Waals surface area contributed by atoms with Crippen molar-refractivity contribution in [2.75, 3.05) is 13.6 Å². The molecule has 0 aromatic carbocycles. The van der Waals surface area contributed by atoms with Gasteiger partial charge in [-0.15, -0.1) is 0 Å². The fourth-order valence-corrected chi connectivity index (χ4v) is 1.96. The van der Waals surface area contributed by atoms with Gasteiger partial charge in [0.25, 0.3) is 0 Å². The number of alkyl carbamates (subject to hydrolysis) is 1. The maximum absolute atomic E-state index is 11.6. The van der Waals surface area contributed by atoms with Crippen LogP contribution >= 0.6 is 0 Å². The van der Waals surface area contributed by atoms with Gasteiger partial charge in [0, 0.05) is 12.1 Å². The Morgan fingerprint density at radius 3 is 2.62 bits per heavy atom. The standard InChI is InChI=1S/C12H24N2O2/c1-9-10(7-6-8-14(9)5)13-11(15)16-12(2,3)4/h9-10H,6-8H2,1-5H3,(H,13,15)/t9-,10-/m1/s1. The van der Waals surface area contributed by atoms with Crippen LogP contribution in [0.5, 0.6) is 0 Å². The quantitative estimate of drug-likeness (QED) is 0.746. The molecule has 1 heterocycles. The molecule has 1 fully saturated rings. The number of amides is 1. The molecule has 16 heavy (non-hydrogen) atoms. The summed E-state index contributed by atoms with van der Waals surface area (Å²) in [6.07, 6.45) is 1.85. The maximum Gasteiger partial charge on any atom is 0.407 e. The topological polar surface area (TPSA) is 41.6 Å². The van der Waals surface area contributed by atoms with E-state index >= 15 is 0 Å². The molecule has 1 aliphatic rings. The number of ether oxygens (including phenoxy) is 1. The summed E-state index contributed by atoms with van der Waals surface area (Å²) >= 11 is 0. The van der Waals surface area contributed by atoms with E-state index in [1.54, 1.807) is 0 Å². The van der Waals surface area contributed by atoms with Crippen LogP contribution in [0.3, 0.4) is 0 Å². The molecule has 1 aliphatic heterocycles. The minimum Gasteiger partial charge on any atom is -0.444 e. The third kappa shape index (κ3) is 4.00. The van der Waals surface area contributed by atoms with E-state index in [9.17, 15) is 4.79 Å². The monoisotopic (exact) mass is 228 g/mol. The van der Waals surface area contributed by atoms with Crippen LogP contribution in [0.15, 0.2) is 0 Å². The summed E-state index contributed by atoms with van der Waals surface area (Å²) in [5, 5.41) is 2.95.